The lowest BCUT2D eigenvalue weighted by Gasteiger charge is -2.10. The first-order valence-corrected chi connectivity index (χ1v) is 8.24. The average molecular weight is 331 g/mol. The van der Waals surface area contributed by atoms with Crippen LogP contribution >= 0.6 is 0 Å². The Balaban J connectivity index is 1.70. The third kappa shape index (κ3) is 4.44. The largest absolute Gasteiger partial charge is 0.381 e. The first-order valence-electron chi connectivity index (χ1n) is 8.24. The van der Waals surface area contributed by atoms with Crippen LogP contribution in [0.3, 0.4) is 0 Å². The van der Waals surface area contributed by atoms with E-state index in [1.165, 1.54) is 5.56 Å². The van der Waals surface area contributed by atoms with Crippen LogP contribution in [0.4, 0.5) is 11.4 Å². The van der Waals surface area contributed by atoms with Crippen molar-refractivity contribution in [1.29, 1.82) is 0 Å². The van der Waals surface area contributed by atoms with Gasteiger partial charge in [0.2, 0.25) is 0 Å². The molecule has 0 aliphatic carbocycles. The number of nitrogens with one attached hydrogen (secondary N) is 2. The zero-order valence-electron chi connectivity index (χ0n) is 14.4. The van der Waals surface area contributed by atoms with Crippen molar-refractivity contribution in [2.24, 2.45) is 0 Å². The number of rotatable bonds is 5. The minimum atomic E-state index is -0.211. The molecule has 0 saturated heterocycles. The summed E-state index contributed by atoms with van der Waals surface area (Å²) in [6, 6.07) is 19.7. The van der Waals surface area contributed by atoms with Gasteiger partial charge in [-0.1, -0.05) is 42.5 Å². The smallest absolute Gasteiger partial charge is 0.274 e. The van der Waals surface area contributed by atoms with Crippen molar-refractivity contribution >= 4 is 17.3 Å². The molecule has 0 radical (unpaired) electrons. The molecule has 2 aromatic carbocycles. The number of pyridine rings is 1. The van der Waals surface area contributed by atoms with Gasteiger partial charge in [-0.25, -0.2) is 0 Å². The predicted molar refractivity (Wildman–Crippen MR) is 102 cm³/mol. The lowest BCUT2D eigenvalue weighted by Crippen LogP contribution is -2.15. The van der Waals surface area contributed by atoms with E-state index in [2.05, 4.69) is 27.8 Å². The molecular weight excluding hydrogens is 310 g/mol. The van der Waals surface area contributed by atoms with E-state index in [0.717, 1.165) is 22.5 Å². The van der Waals surface area contributed by atoms with Crippen LogP contribution in [0.1, 0.15) is 27.2 Å². The Morgan fingerprint density at radius 3 is 2.60 bits per heavy atom. The third-order valence-electron chi connectivity index (χ3n) is 3.97. The van der Waals surface area contributed by atoms with Crippen molar-refractivity contribution in [2.45, 2.75) is 20.4 Å². The summed E-state index contributed by atoms with van der Waals surface area (Å²) >= 11 is 0. The topological polar surface area (TPSA) is 54.0 Å². The SMILES string of the molecule is Cc1ccc(C)c(NC(=O)c2cc(NCc3ccccc3)ccn2)c1. The standard InChI is InChI=1S/C21H21N3O/c1-15-8-9-16(2)19(12-15)24-21(25)20-13-18(10-11-22-20)23-14-17-6-4-3-5-7-17/h3-13H,14H2,1-2H3,(H,22,23)(H,24,25). The van der Waals surface area contributed by atoms with Gasteiger partial charge < -0.3 is 10.6 Å². The fraction of sp³-hybridized carbons (Fsp3) is 0.143. The molecule has 0 atom stereocenters. The van der Waals surface area contributed by atoms with Gasteiger partial charge in [-0.3, -0.25) is 9.78 Å². The maximum absolute atomic E-state index is 12.5. The maximum atomic E-state index is 12.5. The molecule has 0 fully saturated rings. The van der Waals surface area contributed by atoms with Crippen molar-refractivity contribution < 1.29 is 4.79 Å². The first kappa shape index (κ1) is 16.7. The molecule has 3 rings (SSSR count). The summed E-state index contributed by atoms with van der Waals surface area (Å²) in [7, 11) is 0. The third-order valence-corrected chi connectivity index (χ3v) is 3.97. The van der Waals surface area contributed by atoms with Gasteiger partial charge in [0.15, 0.2) is 0 Å². The molecule has 1 heterocycles. The minimum Gasteiger partial charge on any atom is -0.381 e. The molecule has 1 aromatic heterocycles. The highest BCUT2D eigenvalue weighted by molar-refractivity contribution is 6.03. The fourth-order valence-electron chi connectivity index (χ4n) is 2.52. The quantitative estimate of drug-likeness (QED) is 0.720. The summed E-state index contributed by atoms with van der Waals surface area (Å²) < 4.78 is 0. The second-order valence-electron chi connectivity index (χ2n) is 6.04. The van der Waals surface area contributed by atoms with Crippen LogP contribution < -0.4 is 10.6 Å². The van der Waals surface area contributed by atoms with Crippen LogP contribution in [0.5, 0.6) is 0 Å². The molecule has 0 saturated carbocycles. The Labute approximate surface area is 147 Å². The summed E-state index contributed by atoms with van der Waals surface area (Å²) in [5.74, 6) is -0.211. The highest BCUT2D eigenvalue weighted by Gasteiger charge is 2.10. The number of aromatic nitrogens is 1. The van der Waals surface area contributed by atoms with E-state index in [-0.39, 0.29) is 5.91 Å². The van der Waals surface area contributed by atoms with Gasteiger partial charge in [0, 0.05) is 24.1 Å². The van der Waals surface area contributed by atoms with Crippen molar-refractivity contribution in [2.75, 3.05) is 10.6 Å². The maximum Gasteiger partial charge on any atom is 0.274 e. The Morgan fingerprint density at radius 2 is 1.80 bits per heavy atom. The second-order valence-corrected chi connectivity index (χ2v) is 6.04. The normalized spacial score (nSPS) is 10.3. The lowest BCUT2D eigenvalue weighted by molar-refractivity contribution is 0.102. The number of carbonyl (C=O) groups excluding carboxylic acids is 1. The number of hydrogen-bond acceptors (Lipinski definition) is 3. The van der Waals surface area contributed by atoms with Crippen molar-refractivity contribution in [3.05, 3.63) is 89.2 Å². The molecule has 0 aliphatic heterocycles. The predicted octanol–water partition coefficient (Wildman–Crippen LogP) is 4.56. The fourth-order valence-corrected chi connectivity index (χ4v) is 2.52. The molecule has 1 amide bonds. The van der Waals surface area contributed by atoms with Crippen LogP contribution in [0.25, 0.3) is 0 Å². The van der Waals surface area contributed by atoms with E-state index in [1.54, 1.807) is 12.3 Å². The number of nitrogens with zero attached hydrogens (tertiary/aromatic N) is 1. The molecule has 126 valence electrons. The van der Waals surface area contributed by atoms with Crippen LogP contribution in [-0.4, -0.2) is 10.9 Å². The zero-order valence-corrected chi connectivity index (χ0v) is 14.4. The van der Waals surface area contributed by atoms with Crippen molar-refractivity contribution in [1.82, 2.24) is 4.98 Å². The molecule has 4 nitrogen and oxygen atoms in total. The molecule has 3 aromatic rings. The highest BCUT2D eigenvalue weighted by atomic mass is 16.1. The highest BCUT2D eigenvalue weighted by Crippen LogP contribution is 2.18. The number of anilines is 2. The average Bonchev–Trinajstić information content (AvgIpc) is 2.64. The molecule has 2 N–H and O–H groups in total. The van der Waals surface area contributed by atoms with E-state index < -0.39 is 0 Å². The van der Waals surface area contributed by atoms with E-state index in [9.17, 15) is 4.79 Å². The molecule has 0 spiro atoms. The summed E-state index contributed by atoms with van der Waals surface area (Å²) in [5, 5.41) is 6.26. The molecule has 25 heavy (non-hydrogen) atoms. The van der Waals surface area contributed by atoms with Crippen LogP contribution in [0.2, 0.25) is 0 Å². The molecule has 4 heteroatoms. The van der Waals surface area contributed by atoms with Gasteiger partial charge in [0.05, 0.1) is 0 Å². The summed E-state index contributed by atoms with van der Waals surface area (Å²) in [6.07, 6.45) is 1.64. The minimum absolute atomic E-state index is 0.211. The number of carbonyl (C=O) groups is 1. The van der Waals surface area contributed by atoms with Crippen LogP contribution in [0, 0.1) is 13.8 Å². The summed E-state index contributed by atoms with van der Waals surface area (Å²) in [4.78, 5) is 16.7. The van der Waals surface area contributed by atoms with Gasteiger partial charge in [-0.15, -0.1) is 0 Å². The van der Waals surface area contributed by atoms with E-state index in [1.807, 2.05) is 56.3 Å². The number of hydrogen-bond donors (Lipinski definition) is 2. The number of aryl methyl sites for hydroxylation is 2. The van der Waals surface area contributed by atoms with Gasteiger partial charge >= 0.3 is 0 Å². The van der Waals surface area contributed by atoms with Gasteiger partial charge in [-0.05, 0) is 48.7 Å². The molecule has 0 bridgehead atoms. The van der Waals surface area contributed by atoms with Gasteiger partial charge in [0.1, 0.15) is 5.69 Å². The van der Waals surface area contributed by atoms with Crippen molar-refractivity contribution in [3.63, 3.8) is 0 Å². The van der Waals surface area contributed by atoms with E-state index in [4.69, 9.17) is 0 Å². The Bertz CT molecular complexity index is 875. The second kappa shape index (κ2) is 7.62. The Hall–Kier alpha value is -3.14. The zero-order chi connectivity index (χ0) is 17.6. The molecule has 0 aliphatic rings. The summed E-state index contributed by atoms with van der Waals surface area (Å²) in [5.41, 5.74) is 5.38. The van der Waals surface area contributed by atoms with E-state index >= 15 is 0 Å². The van der Waals surface area contributed by atoms with Crippen LogP contribution in [0.15, 0.2) is 66.9 Å². The monoisotopic (exact) mass is 331 g/mol. The van der Waals surface area contributed by atoms with Crippen molar-refractivity contribution in [3.8, 4) is 0 Å². The molecular formula is C21H21N3O. The van der Waals surface area contributed by atoms with Gasteiger partial charge in [-0.2, -0.15) is 0 Å². The number of benzene rings is 2. The first-order chi connectivity index (χ1) is 12.1. The number of amides is 1. The molecule has 0 unspecified atom stereocenters. The van der Waals surface area contributed by atoms with E-state index in [0.29, 0.717) is 12.2 Å². The Morgan fingerprint density at radius 1 is 1.00 bits per heavy atom. The Kier molecular flexibility index (Phi) is 5.09. The lowest BCUT2D eigenvalue weighted by atomic mass is 10.1. The van der Waals surface area contributed by atoms with Gasteiger partial charge in [0.25, 0.3) is 5.91 Å². The summed E-state index contributed by atoms with van der Waals surface area (Å²) in [6.45, 7) is 4.67. The van der Waals surface area contributed by atoms with Crippen LogP contribution in [-0.2, 0) is 6.54 Å².